The largest absolute Gasteiger partial charge is 0.548 e. The van der Waals surface area contributed by atoms with Crippen LogP contribution in [-0.4, -0.2) is 182 Å². The van der Waals surface area contributed by atoms with E-state index in [-0.39, 0.29) is 73.4 Å². The van der Waals surface area contributed by atoms with Crippen molar-refractivity contribution >= 4 is 108 Å². The number of carbonyl (C=O) groups excluding carboxylic acids is 3. The summed E-state index contributed by atoms with van der Waals surface area (Å²) in [6, 6.07) is 72.6. The fourth-order valence-electron chi connectivity index (χ4n) is 12.6. The molecule has 0 bridgehead atoms. The van der Waals surface area contributed by atoms with E-state index in [1.807, 2.05) is 152 Å². The fraction of sp³-hybridized carbons (Fsp3) is 0.198. The van der Waals surface area contributed by atoms with E-state index in [0.717, 1.165) is 67.1 Å². The minimum absolute atomic E-state index is 0.0146. The Kier molecular flexibility index (Phi) is 46.4. The number of benzene rings is 10. The van der Waals surface area contributed by atoms with Crippen molar-refractivity contribution in [3.05, 3.63) is 356 Å². The first-order valence-corrected chi connectivity index (χ1v) is 44.6. The number of carbonyl (C=O) groups is 9. The fourth-order valence-corrected chi connectivity index (χ4v) is 13.8. The summed E-state index contributed by atoms with van der Waals surface area (Å²) in [5, 5.41) is 122. The lowest BCUT2D eigenvalue weighted by molar-refractivity contribution is -0.384. The first-order chi connectivity index (χ1) is 67.8. The highest BCUT2D eigenvalue weighted by molar-refractivity contribution is 7.89. The van der Waals surface area contributed by atoms with Crippen molar-refractivity contribution in [1.82, 2.24) is 14.7 Å². The van der Waals surface area contributed by atoms with E-state index in [2.05, 4.69) is 24.9 Å². The third kappa shape index (κ3) is 40.5. The Morgan fingerprint density at radius 2 is 0.874 bits per heavy atom. The number of nitro groups is 1. The molecular formula is C101H105N16O25S-3. The monoisotopic (exact) mass is 1970 g/mol. The third-order valence-corrected chi connectivity index (χ3v) is 21.8. The van der Waals surface area contributed by atoms with E-state index in [4.69, 9.17) is 86.2 Å². The quantitative estimate of drug-likeness (QED) is 0.0105. The lowest BCUT2D eigenvalue weighted by atomic mass is 10.0. The van der Waals surface area contributed by atoms with Crippen molar-refractivity contribution in [1.29, 1.82) is 5.26 Å². The van der Waals surface area contributed by atoms with Gasteiger partial charge >= 0.3 is 41.4 Å². The molecule has 13 aromatic rings. The number of aromatic hydroxyl groups is 1. The maximum absolute atomic E-state index is 12.5. The van der Waals surface area contributed by atoms with Gasteiger partial charge in [0.2, 0.25) is 10.0 Å². The predicted molar refractivity (Wildman–Crippen MR) is 524 cm³/mol. The third-order valence-electron chi connectivity index (χ3n) is 20.3. The van der Waals surface area contributed by atoms with Gasteiger partial charge in [0.25, 0.3) is 5.69 Å². The van der Waals surface area contributed by atoms with Crippen molar-refractivity contribution in [2.24, 2.45) is 56.1 Å². The second-order valence-electron chi connectivity index (χ2n) is 31.6. The van der Waals surface area contributed by atoms with Gasteiger partial charge in [-0.3, -0.25) is 48.8 Å². The van der Waals surface area contributed by atoms with E-state index in [1.165, 1.54) is 48.5 Å². The summed E-state index contributed by atoms with van der Waals surface area (Å²) in [6.45, 7) is -0.374. The minimum Gasteiger partial charge on any atom is -0.548 e. The molecule has 0 aliphatic carbocycles. The van der Waals surface area contributed by atoms with Crippen molar-refractivity contribution in [3.8, 4) is 34.3 Å². The van der Waals surface area contributed by atoms with Gasteiger partial charge in [0.05, 0.1) is 68.5 Å². The molecule has 8 atom stereocenters. The Bertz CT molecular complexity index is 6560. The molecule has 10 aromatic carbocycles. The van der Waals surface area contributed by atoms with E-state index in [1.54, 1.807) is 109 Å². The Morgan fingerprint density at radius 1 is 0.455 bits per heavy atom. The van der Waals surface area contributed by atoms with Crippen molar-refractivity contribution in [2.75, 3.05) is 25.5 Å². The predicted octanol–water partition coefficient (Wildman–Crippen LogP) is 5.23. The zero-order valence-corrected chi connectivity index (χ0v) is 77.8. The van der Waals surface area contributed by atoms with Gasteiger partial charge in [-0.25, -0.2) is 17.9 Å². The molecule has 748 valence electrons. The Hall–Kier alpha value is -17.1. The van der Waals surface area contributed by atoms with Crippen LogP contribution in [-0.2, 0) is 105 Å². The highest BCUT2D eigenvalue weighted by Crippen LogP contribution is 2.31. The molecule has 0 aliphatic heterocycles. The van der Waals surface area contributed by atoms with Crippen molar-refractivity contribution in [3.63, 3.8) is 0 Å². The summed E-state index contributed by atoms with van der Waals surface area (Å²) < 4.78 is 32.2. The molecular weight excluding hydrogens is 1870 g/mol. The molecule has 0 aliphatic rings. The topological polar surface area (TPSA) is 770 Å². The number of phenolic OH excluding ortho intramolecular Hbond substituents is 1. The number of carboxylic acid groups (broad SMARTS) is 9. The molecule has 0 radical (unpaired) electrons. The maximum Gasteiger partial charge on any atom is 0.336 e. The van der Waals surface area contributed by atoms with Crippen molar-refractivity contribution in [2.45, 2.75) is 111 Å². The molecule has 13 rings (SSSR count). The zero-order chi connectivity index (χ0) is 106. The number of phenols is 1. The van der Waals surface area contributed by atoms with Crippen LogP contribution in [0.15, 0.2) is 310 Å². The van der Waals surface area contributed by atoms with Crippen LogP contribution >= 0.6 is 0 Å². The van der Waals surface area contributed by atoms with Crippen LogP contribution in [0.25, 0.3) is 44.3 Å². The number of anilines is 1. The second-order valence-corrected chi connectivity index (χ2v) is 33.3. The highest BCUT2D eigenvalue weighted by atomic mass is 32.2. The summed E-state index contributed by atoms with van der Waals surface area (Å²) in [6.07, 6.45) is 5.21. The number of hydrogen-bond acceptors (Lipinski definition) is 33. The molecule has 41 nitrogen and oxygen atoms in total. The number of carboxylic acids is 9. The summed E-state index contributed by atoms with van der Waals surface area (Å²) in [4.78, 5) is 126. The lowest BCUT2D eigenvalue weighted by Gasteiger charge is -2.17. The van der Waals surface area contributed by atoms with Gasteiger partial charge in [-0.1, -0.05) is 170 Å². The molecule has 3 heterocycles. The second kappa shape index (κ2) is 57.9. The summed E-state index contributed by atoms with van der Waals surface area (Å²) in [7, 11) is -0.120. The zero-order valence-electron chi connectivity index (χ0n) is 77.0. The molecule has 0 saturated carbocycles. The summed E-state index contributed by atoms with van der Waals surface area (Å²) >= 11 is 0. The Morgan fingerprint density at radius 3 is 1.33 bits per heavy atom. The van der Waals surface area contributed by atoms with Crippen LogP contribution in [0.4, 0.5) is 22.7 Å². The summed E-state index contributed by atoms with van der Waals surface area (Å²) in [5.41, 5.74) is 55.5. The van der Waals surface area contributed by atoms with E-state index < -0.39 is 123 Å². The number of nitrogens with two attached hydrogens (primary N) is 8. The van der Waals surface area contributed by atoms with Crippen LogP contribution in [0.3, 0.4) is 0 Å². The number of pyridine rings is 2. The number of fused-ring (bicyclic) bond motifs is 2. The standard InChI is InChI=1S/C15H19N3O4S.C15H15N3O2.C15H15NO2.C13H13N3O2.C13H13NO5.C11H13NO4.C10H10N2O2.C9H10N2O4/c1-18(2)13-7-3-6-11-10(13)5-4-8-14(11)23(21,22)17-9-12(16)15(19)20;16-14(15(19)20)10-11-6-8-13(9-7-11)18-17-12-4-2-1-3-5-12;16-14(15(17)18)10-11-6-8-13(9-7-11)12-4-2-1-3-5-12;14-10(13(17)18)7-9-4-5-12(16-8-9)11-3-1-2-6-15-11;14-10(13(17)18)4-1-7-5-12(16)19-11-6-8(15)2-3-9(7)11;12-9(11(15)16)5-7-1-3-8(4-2-7)6-10(13)14;11-6-8-3-1-7(2-4-8)5-9(12)10(13)14;10-8(9(12)13)5-6-1-3-7(4-2-6)11(14)15/h3-8,12,17H,9,16H2,1-2H3,(H,19,20);1-9,14H,10,16H2,(H,19,20);1-9,14H,10,16H2,(H,17,18);1-6,8,10H,7,14H2,(H,17,18);2-3,5-6,10,15H,1,4,14H2,(H,17,18);1-4,9H,5-6,12H2,(H,13,14)(H,15,16);1-4,9H,5,12H2,(H,13,14);1-4,8H,5,10H2,(H,12,13)/p-3/t12-;2*14-;2*10-;2*9-;8-/m00000000/s1. The number of azo groups is 1. The molecule has 0 spiro atoms. The van der Waals surface area contributed by atoms with Crippen LogP contribution in [0.5, 0.6) is 5.75 Å². The Balaban J connectivity index is 0.000000251. The molecule has 0 unspecified atom stereocenters. The van der Waals surface area contributed by atoms with Crippen molar-refractivity contribution < 1.29 is 112 Å². The van der Waals surface area contributed by atoms with Crippen LogP contribution < -0.4 is 76.4 Å². The number of aliphatic carboxylic acids is 9. The molecule has 42 heteroatoms. The maximum atomic E-state index is 12.5. The number of nitrogens with zero attached hydrogens (tertiary/aromatic N) is 7. The number of nitriles is 1. The molecule has 3 aromatic heterocycles. The average molecular weight is 1980 g/mol. The van der Waals surface area contributed by atoms with Gasteiger partial charge in [-0.2, -0.15) is 15.5 Å². The SMILES string of the molecule is CN(C)c1cccc2c(S(=O)(=O)NC[C@H](N)C(=O)O)cccc12.N#Cc1ccc(C[C@H](N)C(=O)O)cc1.N[C@@H](CCc1cc(=O)oc2cc(O)ccc12)C(=O)[O-].N[C@@H](Cc1ccc(-c2ccccc2)cc1)C(=O)O.N[C@@H](Cc1ccc(-c2ccccn2)nc1)C(=O)O.N[C@@H](Cc1ccc(CC(=O)O)cc1)C(=O)[O-].N[C@@H](Cc1ccc(N=Nc2ccccc2)cc1)C(=O)[O-].N[C@@H](Cc1ccc([N+](=O)[O-])cc1)C(=O)O. The highest BCUT2D eigenvalue weighted by Gasteiger charge is 2.23. The van der Waals surface area contributed by atoms with Gasteiger partial charge in [0.1, 0.15) is 41.5 Å². The normalized spacial score (nSPS) is 12.3. The first-order valence-electron chi connectivity index (χ1n) is 43.2. The average Bonchev–Trinajstić information content (AvgIpc) is 0.772. The molecule has 143 heavy (non-hydrogen) atoms. The van der Waals surface area contributed by atoms with E-state index in [0.29, 0.717) is 51.6 Å². The smallest absolute Gasteiger partial charge is 0.336 e. The molecule has 0 saturated heterocycles. The Labute approximate surface area is 818 Å². The van der Waals surface area contributed by atoms with Crippen LogP contribution in [0, 0.1) is 21.4 Å². The number of sulfonamides is 1. The van der Waals surface area contributed by atoms with Gasteiger partial charge < -0.3 is 121 Å². The first kappa shape index (κ1) is 115. The minimum atomic E-state index is -3.87. The van der Waals surface area contributed by atoms with Crippen LogP contribution in [0.1, 0.15) is 56.5 Å². The summed E-state index contributed by atoms with van der Waals surface area (Å²) in [5.74, 6) is -10.1. The molecule has 0 amide bonds. The van der Waals surface area contributed by atoms with Gasteiger partial charge in [-0.15, -0.1) is 0 Å². The molecule has 24 N–H and O–H groups in total. The number of nitro benzene ring substituents is 1. The number of rotatable bonds is 35. The van der Waals surface area contributed by atoms with Gasteiger partial charge in [0.15, 0.2) is 0 Å². The number of aryl methyl sites for hydroxylation is 1. The van der Waals surface area contributed by atoms with E-state index in [9.17, 15) is 86.9 Å². The molecule has 0 fully saturated rings. The lowest BCUT2D eigenvalue weighted by Crippen LogP contribution is -2.43. The van der Waals surface area contributed by atoms with Gasteiger partial charge in [0, 0.05) is 97.3 Å². The number of aromatic nitrogens is 2. The van der Waals surface area contributed by atoms with E-state index >= 15 is 0 Å². The number of nitrogens with one attached hydrogen (secondary N) is 1. The van der Waals surface area contributed by atoms with Crippen LogP contribution in [0.2, 0.25) is 0 Å². The van der Waals surface area contributed by atoms with Gasteiger partial charge in [-0.05, 0) is 186 Å². The number of non-ortho nitro benzene ring substituents is 1. The number of hydrogen-bond donors (Lipinski definition) is 16.